The third-order valence-electron chi connectivity index (χ3n) is 3.79. The summed E-state index contributed by atoms with van der Waals surface area (Å²) >= 11 is 6.18. The number of nitrogens with two attached hydrogens (primary N) is 1. The van der Waals surface area contributed by atoms with Gasteiger partial charge in [-0.3, -0.25) is 5.10 Å². The molecule has 0 saturated heterocycles. The van der Waals surface area contributed by atoms with Crippen LogP contribution in [0.25, 0.3) is 11.1 Å². The van der Waals surface area contributed by atoms with Crippen molar-refractivity contribution in [1.29, 1.82) is 0 Å². The van der Waals surface area contributed by atoms with Gasteiger partial charge in [-0.15, -0.1) is 0 Å². The van der Waals surface area contributed by atoms with Crippen molar-refractivity contribution in [2.45, 2.75) is 31.8 Å². The van der Waals surface area contributed by atoms with Crippen LogP contribution in [-0.4, -0.2) is 23.4 Å². The molecule has 1 aliphatic rings. The van der Waals surface area contributed by atoms with Crippen molar-refractivity contribution in [1.82, 2.24) is 10.2 Å². The number of aromatic amines is 1. The molecule has 0 atom stereocenters. The highest BCUT2D eigenvalue weighted by molar-refractivity contribution is 6.31. The molecule has 5 nitrogen and oxygen atoms in total. The number of nitrogens with one attached hydrogen (secondary N) is 1. The van der Waals surface area contributed by atoms with Gasteiger partial charge >= 0.3 is 0 Å². The van der Waals surface area contributed by atoms with Gasteiger partial charge in [-0.25, -0.2) is 0 Å². The fourth-order valence-corrected chi connectivity index (χ4v) is 2.93. The smallest absolute Gasteiger partial charge is 0.169 e. The lowest BCUT2D eigenvalue weighted by atomic mass is 10.1. The molecule has 1 saturated carbocycles. The first-order valence-electron chi connectivity index (χ1n) is 7.02. The van der Waals surface area contributed by atoms with E-state index in [0.29, 0.717) is 22.3 Å². The molecule has 1 fully saturated rings. The molecule has 0 bridgehead atoms. The van der Waals surface area contributed by atoms with Crippen molar-refractivity contribution in [3.8, 4) is 22.6 Å². The number of halogens is 1. The largest absolute Gasteiger partial charge is 0.493 e. The van der Waals surface area contributed by atoms with Gasteiger partial charge < -0.3 is 15.2 Å². The topological polar surface area (TPSA) is 73.2 Å². The van der Waals surface area contributed by atoms with Gasteiger partial charge in [0.2, 0.25) is 0 Å². The standard InChI is InChI=1S/C15H18ClN3O2/c1-20-13-7-9(16)6-11(12-8-18-19-15(12)17)14(13)21-10-4-2-3-5-10/h6-8,10H,2-5H2,1H3,(H3,17,18,19). The number of ether oxygens (including phenoxy) is 2. The van der Waals surface area contributed by atoms with Gasteiger partial charge in [0.1, 0.15) is 5.82 Å². The number of hydrogen-bond donors (Lipinski definition) is 2. The average molecular weight is 308 g/mol. The summed E-state index contributed by atoms with van der Waals surface area (Å²) in [5, 5.41) is 7.27. The summed E-state index contributed by atoms with van der Waals surface area (Å²) in [6.45, 7) is 0. The molecule has 6 heteroatoms. The molecule has 0 aliphatic heterocycles. The van der Waals surface area contributed by atoms with Crippen molar-refractivity contribution in [2.75, 3.05) is 12.8 Å². The Morgan fingerprint density at radius 3 is 2.67 bits per heavy atom. The van der Waals surface area contributed by atoms with Gasteiger partial charge in [0, 0.05) is 22.2 Å². The van der Waals surface area contributed by atoms with Gasteiger partial charge in [-0.2, -0.15) is 5.10 Å². The Labute approximate surface area is 128 Å². The quantitative estimate of drug-likeness (QED) is 0.904. The summed E-state index contributed by atoms with van der Waals surface area (Å²) in [4.78, 5) is 0. The first-order valence-corrected chi connectivity index (χ1v) is 7.40. The van der Waals surface area contributed by atoms with E-state index < -0.39 is 0 Å². The number of benzene rings is 1. The van der Waals surface area contributed by atoms with E-state index >= 15 is 0 Å². The van der Waals surface area contributed by atoms with Gasteiger partial charge in [-0.05, 0) is 31.7 Å². The lowest BCUT2D eigenvalue weighted by Gasteiger charge is -2.19. The fourth-order valence-electron chi connectivity index (χ4n) is 2.73. The third kappa shape index (κ3) is 2.78. The molecule has 1 aromatic heterocycles. The second-order valence-corrected chi connectivity index (χ2v) is 5.64. The van der Waals surface area contributed by atoms with E-state index in [1.54, 1.807) is 19.4 Å². The van der Waals surface area contributed by atoms with Gasteiger partial charge in [0.25, 0.3) is 0 Å². The van der Waals surface area contributed by atoms with E-state index in [1.165, 1.54) is 12.8 Å². The zero-order valence-corrected chi connectivity index (χ0v) is 12.6. The SMILES string of the molecule is COc1cc(Cl)cc(-c2cn[nH]c2N)c1OC1CCCC1. The highest BCUT2D eigenvalue weighted by Gasteiger charge is 2.23. The van der Waals surface area contributed by atoms with Crippen LogP contribution in [0.5, 0.6) is 11.5 Å². The number of nitrogens with zero attached hydrogens (tertiary/aromatic N) is 1. The lowest BCUT2D eigenvalue weighted by Crippen LogP contribution is -2.12. The van der Waals surface area contributed by atoms with Crippen LogP contribution in [0.2, 0.25) is 5.02 Å². The van der Waals surface area contributed by atoms with E-state index in [4.69, 9.17) is 26.8 Å². The number of hydrogen-bond acceptors (Lipinski definition) is 4. The molecule has 112 valence electrons. The molecule has 1 aromatic carbocycles. The van der Waals surface area contributed by atoms with E-state index in [9.17, 15) is 0 Å². The number of methoxy groups -OCH3 is 1. The normalized spacial score (nSPS) is 15.3. The van der Waals surface area contributed by atoms with Crippen LogP contribution >= 0.6 is 11.6 Å². The Hall–Kier alpha value is -1.88. The average Bonchev–Trinajstić information content (AvgIpc) is 3.11. The molecule has 3 N–H and O–H groups in total. The van der Waals surface area contributed by atoms with Crippen LogP contribution in [0.15, 0.2) is 18.3 Å². The van der Waals surface area contributed by atoms with E-state index in [0.717, 1.165) is 24.0 Å². The van der Waals surface area contributed by atoms with Crippen LogP contribution < -0.4 is 15.2 Å². The second-order valence-electron chi connectivity index (χ2n) is 5.21. The minimum absolute atomic E-state index is 0.215. The molecule has 0 radical (unpaired) electrons. The zero-order valence-electron chi connectivity index (χ0n) is 11.9. The molecular formula is C15H18ClN3O2. The molecule has 1 heterocycles. The molecular weight excluding hydrogens is 290 g/mol. The van der Waals surface area contributed by atoms with Gasteiger partial charge in [-0.1, -0.05) is 11.6 Å². The Balaban J connectivity index is 2.07. The van der Waals surface area contributed by atoms with Crippen molar-refractivity contribution >= 4 is 17.4 Å². The molecule has 3 rings (SSSR count). The summed E-state index contributed by atoms with van der Waals surface area (Å²) in [6.07, 6.45) is 6.40. The summed E-state index contributed by atoms with van der Waals surface area (Å²) in [6, 6.07) is 3.58. The summed E-state index contributed by atoms with van der Waals surface area (Å²) < 4.78 is 11.6. The Morgan fingerprint density at radius 2 is 2.05 bits per heavy atom. The third-order valence-corrected chi connectivity index (χ3v) is 4.00. The molecule has 21 heavy (non-hydrogen) atoms. The predicted molar refractivity (Wildman–Crippen MR) is 82.9 cm³/mol. The maximum atomic E-state index is 6.18. The number of anilines is 1. The highest BCUT2D eigenvalue weighted by atomic mass is 35.5. The lowest BCUT2D eigenvalue weighted by molar-refractivity contribution is 0.202. The van der Waals surface area contributed by atoms with Crippen molar-refractivity contribution < 1.29 is 9.47 Å². The van der Waals surface area contributed by atoms with Crippen molar-refractivity contribution in [2.24, 2.45) is 0 Å². The number of rotatable bonds is 4. The zero-order chi connectivity index (χ0) is 14.8. The van der Waals surface area contributed by atoms with Crippen molar-refractivity contribution in [3.63, 3.8) is 0 Å². The Kier molecular flexibility index (Phi) is 3.92. The molecule has 0 amide bonds. The van der Waals surface area contributed by atoms with E-state index in [1.807, 2.05) is 6.07 Å². The maximum Gasteiger partial charge on any atom is 0.169 e. The van der Waals surface area contributed by atoms with Crippen LogP contribution in [0.3, 0.4) is 0 Å². The maximum absolute atomic E-state index is 6.18. The number of aromatic nitrogens is 2. The second kappa shape index (κ2) is 5.85. The van der Waals surface area contributed by atoms with Crippen molar-refractivity contribution in [3.05, 3.63) is 23.4 Å². The monoisotopic (exact) mass is 307 g/mol. The highest BCUT2D eigenvalue weighted by Crippen LogP contribution is 2.43. The van der Waals surface area contributed by atoms with E-state index in [2.05, 4.69) is 10.2 Å². The molecule has 0 spiro atoms. The molecule has 1 aliphatic carbocycles. The number of nitrogen functional groups attached to an aromatic ring is 1. The minimum atomic E-state index is 0.215. The van der Waals surface area contributed by atoms with Crippen LogP contribution in [-0.2, 0) is 0 Å². The van der Waals surface area contributed by atoms with E-state index in [-0.39, 0.29) is 6.10 Å². The molecule has 2 aromatic rings. The summed E-state index contributed by atoms with van der Waals surface area (Å²) in [7, 11) is 1.61. The van der Waals surface area contributed by atoms with Crippen LogP contribution in [0.4, 0.5) is 5.82 Å². The Bertz CT molecular complexity index is 636. The van der Waals surface area contributed by atoms with Crippen LogP contribution in [0.1, 0.15) is 25.7 Å². The summed E-state index contributed by atoms with van der Waals surface area (Å²) in [5.74, 6) is 1.78. The summed E-state index contributed by atoms with van der Waals surface area (Å²) in [5.41, 5.74) is 7.50. The fraction of sp³-hybridized carbons (Fsp3) is 0.400. The Morgan fingerprint density at radius 1 is 1.29 bits per heavy atom. The predicted octanol–water partition coefficient (Wildman–Crippen LogP) is 3.64. The number of H-pyrrole nitrogens is 1. The van der Waals surface area contributed by atoms with Gasteiger partial charge in [0.15, 0.2) is 11.5 Å². The van der Waals surface area contributed by atoms with Crippen LogP contribution in [0, 0.1) is 0 Å². The molecule has 0 unspecified atom stereocenters. The first kappa shape index (κ1) is 14.1. The first-order chi connectivity index (χ1) is 10.2. The minimum Gasteiger partial charge on any atom is -0.493 e. The van der Waals surface area contributed by atoms with Gasteiger partial charge in [0.05, 0.1) is 19.4 Å².